The molecular formula is C17H18N2O5. The zero-order valence-electron chi connectivity index (χ0n) is 13.4. The Morgan fingerprint density at radius 1 is 1.42 bits per heavy atom. The number of ether oxygens (including phenoxy) is 1. The number of nitro benzene ring substituents is 1. The molecule has 2 atom stereocenters. The van der Waals surface area contributed by atoms with Gasteiger partial charge in [-0.25, -0.2) is 0 Å². The normalized spacial score (nSPS) is 18.9. The van der Waals surface area contributed by atoms with Crippen LogP contribution in [0.5, 0.6) is 5.75 Å². The van der Waals surface area contributed by atoms with Crippen LogP contribution in [0.25, 0.3) is 0 Å². The van der Waals surface area contributed by atoms with E-state index in [1.165, 1.54) is 25.3 Å². The largest absolute Gasteiger partial charge is 0.497 e. The minimum atomic E-state index is -0.589. The SMILES string of the molecule is COc1ccc([N+](=O)[O-])c(C(=O)NCc2ccc([C@@H]3C[C@@H]3C)o2)c1. The van der Waals surface area contributed by atoms with Crippen molar-refractivity contribution in [2.24, 2.45) is 5.92 Å². The molecule has 3 rings (SSSR count). The Morgan fingerprint density at radius 3 is 2.79 bits per heavy atom. The van der Waals surface area contributed by atoms with E-state index in [1.807, 2.05) is 12.1 Å². The minimum Gasteiger partial charge on any atom is -0.497 e. The summed E-state index contributed by atoms with van der Waals surface area (Å²) in [4.78, 5) is 22.8. The minimum absolute atomic E-state index is 0.0399. The van der Waals surface area contributed by atoms with Gasteiger partial charge in [0.15, 0.2) is 0 Å². The molecule has 1 aliphatic rings. The maximum atomic E-state index is 12.3. The Labute approximate surface area is 138 Å². The van der Waals surface area contributed by atoms with Gasteiger partial charge in [0.1, 0.15) is 22.8 Å². The number of nitrogens with one attached hydrogen (secondary N) is 1. The molecule has 1 N–H and O–H groups in total. The fraction of sp³-hybridized carbons (Fsp3) is 0.353. The van der Waals surface area contributed by atoms with Crippen LogP contribution in [0.3, 0.4) is 0 Å². The number of furan rings is 1. The van der Waals surface area contributed by atoms with Crippen LogP contribution in [0, 0.1) is 16.0 Å². The molecule has 2 aromatic rings. The third kappa shape index (κ3) is 3.24. The zero-order valence-corrected chi connectivity index (χ0v) is 13.4. The summed E-state index contributed by atoms with van der Waals surface area (Å²) in [5, 5.41) is 13.7. The number of carbonyl (C=O) groups is 1. The first kappa shape index (κ1) is 16.0. The van der Waals surface area contributed by atoms with E-state index in [2.05, 4.69) is 12.2 Å². The highest BCUT2D eigenvalue weighted by atomic mass is 16.6. The number of methoxy groups -OCH3 is 1. The maximum absolute atomic E-state index is 12.3. The number of nitrogens with zero attached hydrogens (tertiary/aromatic N) is 1. The molecule has 7 heteroatoms. The highest BCUT2D eigenvalue weighted by Gasteiger charge is 2.36. The lowest BCUT2D eigenvalue weighted by Gasteiger charge is -2.06. The van der Waals surface area contributed by atoms with Gasteiger partial charge in [0.05, 0.1) is 18.6 Å². The molecule has 0 saturated heterocycles. The van der Waals surface area contributed by atoms with Crippen molar-refractivity contribution in [2.75, 3.05) is 7.11 Å². The van der Waals surface area contributed by atoms with E-state index in [1.54, 1.807) is 0 Å². The number of nitro groups is 1. The first-order valence-corrected chi connectivity index (χ1v) is 7.69. The van der Waals surface area contributed by atoms with Crippen LogP contribution < -0.4 is 10.1 Å². The predicted molar refractivity (Wildman–Crippen MR) is 86.0 cm³/mol. The standard InChI is InChI=1S/C17H18N2O5/c1-10-7-13(10)16-6-4-12(24-16)9-18-17(20)14-8-11(23-2)3-5-15(14)19(21)22/h3-6,8,10,13H,7,9H2,1-2H3,(H,18,20)/t10-,13+/m0/s1. The Morgan fingerprint density at radius 2 is 2.17 bits per heavy atom. The molecule has 0 aliphatic heterocycles. The lowest BCUT2D eigenvalue weighted by molar-refractivity contribution is -0.385. The molecule has 1 amide bonds. The van der Waals surface area contributed by atoms with Crippen LogP contribution in [-0.2, 0) is 6.54 Å². The van der Waals surface area contributed by atoms with Crippen LogP contribution in [0.2, 0.25) is 0 Å². The highest BCUT2D eigenvalue weighted by molar-refractivity contribution is 5.98. The summed E-state index contributed by atoms with van der Waals surface area (Å²) in [6.45, 7) is 2.34. The van der Waals surface area contributed by atoms with Gasteiger partial charge in [0.25, 0.3) is 11.6 Å². The molecule has 7 nitrogen and oxygen atoms in total. The zero-order chi connectivity index (χ0) is 17.3. The van der Waals surface area contributed by atoms with Crippen LogP contribution in [-0.4, -0.2) is 17.9 Å². The van der Waals surface area contributed by atoms with Crippen molar-refractivity contribution in [2.45, 2.75) is 25.8 Å². The summed E-state index contributed by atoms with van der Waals surface area (Å²) in [7, 11) is 1.44. The van der Waals surface area contributed by atoms with Gasteiger partial charge in [-0.15, -0.1) is 0 Å². The lowest BCUT2D eigenvalue weighted by atomic mass is 10.1. The average Bonchev–Trinajstić information content (AvgIpc) is 3.12. The van der Waals surface area contributed by atoms with E-state index in [0.717, 1.165) is 12.2 Å². The van der Waals surface area contributed by atoms with Crippen molar-refractivity contribution in [3.05, 3.63) is 57.5 Å². The first-order valence-electron chi connectivity index (χ1n) is 7.69. The van der Waals surface area contributed by atoms with Crippen molar-refractivity contribution < 1.29 is 18.9 Å². The molecular weight excluding hydrogens is 312 g/mol. The molecule has 0 unspecified atom stereocenters. The van der Waals surface area contributed by atoms with Crippen molar-refractivity contribution in [3.63, 3.8) is 0 Å². The van der Waals surface area contributed by atoms with E-state index < -0.39 is 10.8 Å². The molecule has 0 radical (unpaired) electrons. The van der Waals surface area contributed by atoms with E-state index in [4.69, 9.17) is 9.15 Å². The van der Waals surface area contributed by atoms with Gasteiger partial charge < -0.3 is 14.5 Å². The summed E-state index contributed by atoms with van der Waals surface area (Å²) < 4.78 is 10.7. The highest BCUT2D eigenvalue weighted by Crippen LogP contribution is 2.47. The number of carbonyl (C=O) groups excluding carboxylic acids is 1. The predicted octanol–water partition coefficient (Wildman–Crippen LogP) is 3.25. The fourth-order valence-electron chi connectivity index (χ4n) is 2.65. The van der Waals surface area contributed by atoms with Crippen LogP contribution in [0.1, 0.15) is 41.1 Å². The van der Waals surface area contributed by atoms with Gasteiger partial charge in [-0.3, -0.25) is 14.9 Å². The summed E-state index contributed by atoms with van der Waals surface area (Å²) in [6, 6.07) is 7.80. The summed E-state index contributed by atoms with van der Waals surface area (Å²) in [5.41, 5.74) is -0.304. The quantitative estimate of drug-likeness (QED) is 0.648. The number of benzene rings is 1. The van der Waals surface area contributed by atoms with Gasteiger partial charge in [-0.2, -0.15) is 0 Å². The number of hydrogen-bond donors (Lipinski definition) is 1. The molecule has 24 heavy (non-hydrogen) atoms. The van der Waals surface area contributed by atoms with Crippen LogP contribution >= 0.6 is 0 Å². The molecule has 0 spiro atoms. The Kier molecular flexibility index (Phi) is 4.24. The summed E-state index contributed by atoms with van der Waals surface area (Å²) >= 11 is 0. The molecule has 1 aromatic carbocycles. The van der Waals surface area contributed by atoms with Crippen LogP contribution in [0.15, 0.2) is 34.7 Å². The Bertz CT molecular complexity index is 783. The van der Waals surface area contributed by atoms with E-state index >= 15 is 0 Å². The topological polar surface area (TPSA) is 94.6 Å². The number of rotatable bonds is 6. The van der Waals surface area contributed by atoms with Crippen LogP contribution in [0.4, 0.5) is 5.69 Å². The fourth-order valence-corrected chi connectivity index (χ4v) is 2.65. The maximum Gasteiger partial charge on any atom is 0.282 e. The molecule has 1 heterocycles. The molecule has 0 bridgehead atoms. The van der Waals surface area contributed by atoms with Gasteiger partial charge in [0, 0.05) is 12.0 Å². The number of hydrogen-bond acceptors (Lipinski definition) is 5. The molecule has 1 fully saturated rings. The van der Waals surface area contributed by atoms with Crippen molar-refractivity contribution in [1.29, 1.82) is 0 Å². The second-order valence-electron chi connectivity index (χ2n) is 5.95. The van der Waals surface area contributed by atoms with E-state index in [-0.39, 0.29) is 17.8 Å². The van der Waals surface area contributed by atoms with E-state index in [0.29, 0.717) is 23.3 Å². The first-order chi connectivity index (χ1) is 11.5. The van der Waals surface area contributed by atoms with Crippen molar-refractivity contribution >= 4 is 11.6 Å². The van der Waals surface area contributed by atoms with Gasteiger partial charge >= 0.3 is 0 Å². The third-order valence-electron chi connectivity index (χ3n) is 4.23. The molecule has 126 valence electrons. The average molecular weight is 330 g/mol. The molecule has 1 saturated carbocycles. The van der Waals surface area contributed by atoms with Gasteiger partial charge in [-0.05, 0) is 36.6 Å². The lowest BCUT2D eigenvalue weighted by Crippen LogP contribution is -2.23. The van der Waals surface area contributed by atoms with Gasteiger partial charge in [0.2, 0.25) is 0 Å². The second-order valence-corrected chi connectivity index (χ2v) is 5.95. The van der Waals surface area contributed by atoms with Crippen molar-refractivity contribution in [1.82, 2.24) is 5.32 Å². The Balaban J connectivity index is 1.70. The van der Waals surface area contributed by atoms with Crippen molar-refractivity contribution in [3.8, 4) is 5.75 Å². The Hall–Kier alpha value is -2.83. The monoisotopic (exact) mass is 330 g/mol. The second kappa shape index (κ2) is 6.35. The number of amides is 1. The smallest absolute Gasteiger partial charge is 0.282 e. The van der Waals surface area contributed by atoms with E-state index in [9.17, 15) is 14.9 Å². The third-order valence-corrected chi connectivity index (χ3v) is 4.23. The van der Waals surface area contributed by atoms with Gasteiger partial charge in [-0.1, -0.05) is 6.92 Å². The molecule has 1 aliphatic carbocycles. The summed E-state index contributed by atoms with van der Waals surface area (Å²) in [6.07, 6.45) is 1.12. The molecule has 1 aromatic heterocycles. The summed E-state index contributed by atoms with van der Waals surface area (Å²) in [5.74, 6) is 2.50.